The molecule has 6 nitrogen and oxygen atoms in total. The Balaban J connectivity index is 3.36. The van der Waals surface area contributed by atoms with Crippen molar-refractivity contribution < 1.29 is 24.5 Å². The molecular formula is C60H119NO5. The summed E-state index contributed by atoms with van der Waals surface area (Å²) in [5, 5.41) is 23.3. The van der Waals surface area contributed by atoms with Crippen molar-refractivity contribution in [3.05, 3.63) is 0 Å². The standard InChI is InChI=1S/C60H119NO5/c1-3-5-7-9-11-13-15-17-28-32-36-40-44-48-52-58(63)57(56-62)61-59(64)53-49-45-41-37-33-29-26-24-22-20-19-21-23-25-27-31-35-39-43-47-51-55-66-60(65)54-50-46-42-38-34-30-18-16-14-12-10-8-6-4-2/h57-58,62-63H,3-56H2,1-2H3,(H,61,64). The minimum atomic E-state index is -0.663. The fraction of sp³-hybridized carbons (Fsp3) is 0.967. The van der Waals surface area contributed by atoms with Crippen LogP contribution in [0, 0.1) is 0 Å². The van der Waals surface area contributed by atoms with Gasteiger partial charge in [0.1, 0.15) is 0 Å². The molecule has 0 rings (SSSR count). The van der Waals surface area contributed by atoms with Crippen LogP contribution in [0.3, 0.4) is 0 Å². The molecule has 6 heteroatoms. The summed E-state index contributed by atoms with van der Waals surface area (Å²) in [6, 6.07) is -0.540. The lowest BCUT2D eigenvalue weighted by Gasteiger charge is -2.22. The van der Waals surface area contributed by atoms with Crippen LogP contribution in [0.5, 0.6) is 0 Å². The van der Waals surface area contributed by atoms with E-state index in [0.29, 0.717) is 25.9 Å². The topological polar surface area (TPSA) is 95.9 Å². The lowest BCUT2D eigenvalue weighted by Crippen LogP contribution is -2.45. The van der Waals surface area contributed by atoms with Crippen LogP contribution < -0.4 is 5.32 Å². The number of aliphatic hydroxyl groups is 2. The van der Waals surface area contributed by atoms with E-state index in [1.54, 1.807) is 0 Å². The Kier molecular flexibility index (Phi) is 55.5. The Morgan fingerprint density at radius 3 is 0.924 bits per heavy atom. The van der Waals surface area contributed by atoms with Gasteiger partial charge in [0, 0.05) is 12.8 Å². The van der Waals surface area contributed by atoms with Gasteiger partial charge in [-0.25, -0.2) is 0 Å². The molecule has 0 aromatic carbocycles. The minimum Gasteiger partial charge on any atom is -0.466 e. The molecule has 0 bridgehead atoms. The first kappa shape index (κ1) is 64.9. The predicted octanol–water partition coefficient (Wildman–Crippen LogP) is 18.7. The van der Waals surface area contributed by atoms with E-state index >= 15 is 0 Å². The molecule has 0 aromatic heterocycles. The molecule has 0 aliphatic heterocycles. The van der Waals surface area contributed by atoms with E-state index in [1.165, 1.54) is 276 Å². The van der Waals surface area contributed by atoms with E-state index in [1.807, 2.05) is 0 Å². The van der Waals surface area contributed by atoms with Gasteiger partial charge in [0.05, 0.1) is 25.4 Å². The van der Waals surface area contributed by atoms with Gasteiger partial charge >= 0.3 is 5.97 Å². The Morgan fingerprint density at radius 2 is 0.621 bits per heavy atom. The van der Waals surface area contributed by atoms with Crippen LogP contribution in [0.15, 0.2) is 0 Å². The quantitative estimate of drug-likeness (QED) is 0.0417. The number of hydrogen-bond donors (Lipinski definition) is 3. The van der Waals surface area contributed by atoms with Crippen LogP contribution in [-0.2, 0) is 14.3 Å². The number of esters is 1. The number of hydrogen-bond acceptors (Lipinski definition) is 5. The van der Waals surface area contributed by atoms with Gasteiger partial charge in [-0.15, -0.1) is 0 Å². The lowest BCUT2D eigenvalue weighted by molar-refractivity contribution is -0.143. The molecule has 0 fully saturated rings. The molecule has 1 amide bonds. The Hall–Kier alpha value is -1.14. The highest BCUT2D eigenvalue weighted by atomic mass is 16.5. The third kappa shape index (κ3) is 52.2. The van der Waals surface area contributed by atoms with Crippen molar-refractivity contribution in [1.82, 2.24) is 5.32 Å². The number of ether oxygens (including phenoxy) is 1. The fourth-order valence-corrected chi connectivity index (χ4v) is 9.76. The maximum atomic E-state index is 12.5. The first-order chi connectivity index (χ1) is 32.5. The highest BCUT2D eigenvalue weighted by Gasteiger charge is 2.20. The fourth-order valence-electron chi connectivity index (χ4n) is 9.76. The van der Waals surface area contributed by atoms with Gasteiger partial charge < -0.3 is 20.3 Å². The highest BCUT2D eigenvalue weighted by Crippen LogP contribution is 2.18. The molecular weight excluding hydrogens is 815 g/mol. The van der Waals surface area contributed by atoms with Crippen LogP contribution >= 0.6 is 0 Å². The number of carbonyl (C=O) groups is 2. The van der Waals surface area contributed by atoms with Crippen LogP contribution in [-0.4, -0.2) is 47.4 Å². The molecule has 0 saturated carbocycles. The second-order valence-electron chi connectivity index (χ2n) is 21.1. The van der Waals surface area contributed by atoms with Crippen LogP contribution in [0.1, 0.15) is 348 Å². The van der Waals surface area contributed by atoms with E-state index < -0.39 is 12.1 Å². The number of nitrogens with one attached hydrogen (secondary N) is 1. The number of carbonyl (C=O) groups excluding carboxylic acids is 2. The zero-order chi connectivity index (χ0) is 47.9. The van der Waals surface area contributed by atoms with E-state index in [2.05, 4.69) is 19.2 Å². The molecule has 0 radical (unpaired) electrons. The summed E-state index contributed by atoms with van der Waals surface area (Å²) >= 11 is 0. The number of unbranched alkanes of at least 4 members (excludes halogenated alkanes) is 46. The van der Waals surface area contributed by atoms with Crippen LogP contribution in [0.25, 0.3) is 0 Å². The maximum absolute atomic E-state index is 12.5. The number of rotatable bonds is 57. The average Bonchev–Trinajstić information content (AvgIpc) is 3.32. The average molecular weight is 935 g/mol. The largest absolute Gasteiger partial charge is 0.466 e. The van der Waals surface area contributed by atoms with Gasteiger partial charge in [-0.2, -0.15) is 0 Å². The van der Waals surface area contributed by atoms with Gasteiger partial charge in [-0.1, -0.05) is 309 Å². The van der Waals surface area contributed by atoms with Gasteiger partial charge in [0.25, 0.3) is 0 Å². The van der Waals surface area contributed by atoms with E-state index in [0.717, 1.165) is 38.5 Å². The lowest BCUT2D eigenvalue weighted by atomic mass is 10.0. The second-order valence-corrected chi connectivity index (χ2v) is 21.1. The molecule has 2 unspecified atom stereocenters. The molecule has 66 heavy (non-hydrogen) atoms. The molecule has 0 saturated heterocycles. The number of aliphatic hydroxyl groups excluding tert-OH is 2. The normalized spacial score (nSPS) is 12.5. The first-order valence-electron chi connectivity index (χ1n) is 30.3. The molecule has 394 valence electrons. The van der Waals surface area contributed by atoms with Crippen LogP contribution in [0.4, 0.5) is 0 Å². The van der Waals surface area contributed by atoms with E-state index in [9.17, 15) is 19.8 Å². The van der Waals surface area contributed by atoms with Gasteiger partial charge in [-0.05, 0) is 25.7 Å². The summed E-state index contributed by atoms with van der Waals surface area (Å²) in [6.07, 6.45) is 65.3. The molecule has 0 spiro atoms. The second kappa shape index (κ2) is 56.4. The minimum absolute atomic E-state index is 0.0152. The van der Waals surface area contributed by atoms with E-state index in [4.69, 9.17) is 4.74 Å². The molecule has 0 aromatic rings. The third-order valence-electron chi connectivity index (χ3n) is 14.4. The zero-order valence-corrected chi connectivity index (χ0v) is 45.0. The van der Waals surface area contributed by atoms with Crippen molar-refractivity contribution in [2.24, 2.45) is 0 Å². The third-order valence-corrected chi connectivity index (χ3v) is 14.4. The van der Waals surface area contributed by atoms with Gasteiger partial charge in [-0.3, -0.25) is 9.59 Å². The SMILES string of the molecule is CCCCCCCCCCCCCCCCC(=O)OCCCCCCCCCCCCCCCCCCCCCCCC(=O)NC(CO)C(O)CCCCCCCCCCCCCCCC. The highest BCUT2D eigenvalue weighted by molar-refractivity contribution is 5.76. The van der Waals surface area contributed by atoms with Crippen molar-refractivity contribution in [2.45, 2.75) is 360 Å². The van der Waals surface area contributed by atoms with Crippen molar-refractivity contribution in [1.29, 1.82) is 0 Å². The van der Waals surface area contributed by atoms with E-state index in [-0.39, 0.29) is 18.5 Å². The Morgan fingerprint density at radius 1 is 0.364 bits per heavy atom. The summed E-state index contributed by atoms with van der Waals surface area (Å²) in [5.74, 6) is -0.0182. The Labute approximate surface area is 413 Å². The van der Waals surface area contributed by atoms with Crippen LogP contribution in [0.2, 0.25) is 0 Å². The summed E-state index contributed by atoms with van der Waals surface area (Å²) in [5.41, 5.74) is 0. The van der Waals surface area contributed by atoms with Gasteiger partial charge in [0.15, 0.2) is 0 Å². The molecule has 3 N–H and O–H groups in total. The summed E-state index contributed by atoms with van der Waals surface area (Å²) in [6.45, 7) is 4.98. The summed E-state index contributed by atoms with van der Waals surface area (Å²) in [4.78, 5) is 24.5. The predicted molar refractivity (Wildman–Crippen MR) is 287 cm³/mol. The summed E-state index contributed by atoms with van der Waals surface area (Å²) < 4.78 is 5.48. The Bertz CT molecular complexity index is 944. The van der Waals surface area contributed by atoms with Gasteiger partial charge in [0.2, 0.25) is 5.91 Å². The molecule has 0 heterocycles. The molecule has 0 aliphatic rings. The van der Waals surface area contributed by atoms with Crippen molar-refractivity contribution >= 4 is 11.9 Å². The maximum Gasteiger partial charge on any atom is 0.305 e. The monoisotopic (exact) mass is 934 g/mol. The zero-order valence-electron chi connectivity index (χ0n) is 45.0. The van der Waals surface area contributed by atoms with Crippen molar-refractivity contribution in [3.63, 3.8) is 0 Å². The first-order valence-corrected chi connectivity index (χ1v) is 30.3. The van der Waals surface area contributed by atoms with Crippen molar-refractivity contribution in [2.75, 3.05) is 13.2 Å². The summed E-state index contributed by atoms with van der Waals surface area (Å²) in [7, 11) is 0. The molecule has 2 atom stereocenters. The number of amides is 1. The van der Waals surface area contributed by atoms with Crippen molar-refractivity contribution in [3.8, 4) is 0 Å². The smallest absolute Gasteiger partial charge is 0.305 e. The molecule has 0 aliphatic carbocycles.